The van der Waals surface area contributed by atoms with Gasteiger partial charge in [-0.2, -0.15) is 0 Å². The zero-order valence-electron chi connectivity index (χ0n) is 11.4. The van der Waals surface area contributed by atoms with Crippen LogP contribution in [0.2, 0.25) is 0 Å². The standard InChI is InChI=1S/C6H14N4O2.2C2H4O2/c7-4(5(11)12)2-1-3-10-6(8)9;2*1-2(3)4/h4H,1-3,7H2,(H,11,12)(H4,8,9,10);2*1H3,(H,3,4)/t4-;;/m0../s1. The highest BCUT2D eigenvalue weighted by atomic mass is 16.4. The van der Waals surface area contributed by atoms with Gasteiger partial charge in [-0.05, 0) is 12.8 Å². The van der Waals surface area contributed by atoms with Crippen molar-refractivity contribution in [3.8, 4) is 0 Å². The Morgan fingerprint density at radius 2 is 1.40 bits per heavy atom. The third kappa shape index (κ3) is 44.9. The highest BCUT2D eigenvalue weighted by Crippen LogP contribution is 1.94. The van der Waals surface area contributed by atoms with Crippen molar-refractivity contribution in [2.45, 2.75) is 32.7 Å². The lowest BCUT2D eigenvalue weighted by Crippen LogP contribution is -2.30. The molecule has 0 rings (SSSR count). The Morgan fingerprint density at radius 1 is 1.05 bits per heavy atom. The van der Waals surface area contributed by atoms with Gasteiger partial charge in [0.1, 0.15) is 6.04 Å². The highest BCUT2D eigenvalue weighted by molar-refractivity contribution is 5.75. The van der Waals surface area contributed by atoms with Crippen LogP contribution >= 0.6 is 0 Å². The van der Waals surface area contributed by atoms with Crippen molar-refractivity contribution in [1.29, 1.82) is 0 Å². The summed E-state index contributed by atoms with van der Waals surface area (Å²) in [6.07, 6.45) is 0.956. The van der Waals surface area contributed by atoms with Crippen molar-refractivity contribution in [3.63, 3.8) is 0 Å². The lowest BCUT2D eigenvalue weighted by molar-refractivity contribution is -0.139. The topological polar surface area (TPSA) is 202 Å². The zero-order chi connectivity index (χ0) is 16.7. The van der Waals surface area contributed by atoms with Gasteiger partial charge in [0.05, 0.1) is 0 Å². The first-order valence-electron chi connectivity index (χ1n) is 5.43. The van der Waals surface area contributed by atoms with Crippen molar-refractivity contribution in [3.05, 3.63) is 0 Å². The van der Waals surface area contributed by atoms with Crippen LogP contribution in [0.1, 0.15) is 26.7 Å². The minimum Gasteiger partial charge on any atom is -0.481 e. The largest absolute Gasteiger partial charge is 0.481 e. The average Bonchev–Trinajstić information content (AvgIpc) is 2.21. The summed E-state index contributed by atoms with van der Waals surface area (Å²) >= 11 is 0. The summed E-state index contributed by atoms with van der Waals surface area (Å²) in [5, 5.41) is 23.2. The molecule has 0 unspecified atom stereocenters. The van der Waals surface area contributed by atoms with Crippen LogP contribution in [-0.4, -0.2) is 51.8 Å². The summed E-state index contributed by atoms with van der Waals surface area (Å²) in [6.45, 7) is 2.59. The molecule has 0 bridgehead atoms. The maximum atomic E-state index is 10.2. The zero-order valence-corrected chi connectivity index (χ0v) is 11.4. The quantitative estimate of drug-likeness (QED) is 0.201. The number of aliphatic carboxylic acids is 3. The summed E-state index contributed by atoms with van der Waals surface area (Å²) in [5.41, 5.74) is 15.3. The molecule has 10 nitrogen and oxygen atoms in total. The molecule has 0 saturated heterocycles. The minimum absolute atomic E-state index is 0.0129. The number of hydrogen-bond acceptors (Lipinski definition) is 5. The molecule has 0 aromatic carbocycles. The second kappa shape index (κ2) is 14.7. The van der Waals surface area contributed by atoms with Crippen molar-refractivity contribution < 1.29 is 29.7 Å². The Hall–Kier alpha value is -2.36. The van der Waals surface area contributed by atoms with Crippen molar-refractivity contribution in [2.75, 3.05) is 6.54 Å². The van der Waals surface area contributed by atoms with Crippen LogP contribution in [0.4, 0.5) is 0 Å². The Kier molecular flexibility index (Phi) is 16.7. The number of guanidine groups is 1. The molecule has 0 spiro atoms. The molecular formula is C10H22N4O6. The molecule has 20 heavy (non-hydrogen) atoms. The first-order chi connectivity index (χ1) is 9.00. The van der Waals surface area contributed by atoms with Gasteiger partial charge in [-0.25, -0.2) is 0 Å². The Bertz CT molecular complexity index is 308. The second-order valence-corrected chi connectivity index (χ2v) is 3.43. The Labute approximate surface area is 116 Å². The van der Waals surface area contributed by atoms with Crippen molar-refractivity contribution >= 4 is 23.9 Å². The molecule has 0 fully saturated rings. The number of carboxylic acids is 3. The van der Waals surface area contributed by atoms with E-state index in [1.807, 2.05) is 0 Å². The van der Waals surface area contributed by atoms with E-state index >= 15 is 0 Å². The summed E-state index contributed by atoms with van der Waals surface area (Å²) < 4.78 is 0. The van der Waals surface area contributed by atoms with Crippen molar-refractivity contribution in [1.82, 2.24) is 0 Å². The number of aliphatic imine (C=N–C) groups is 1. The van der Waals surface area contributed by atoms with Gasteiger partial charge in [0.25, 0.3) is 11.9 Å². The summed E-state index contributed by atoms with van der Waals surface area (Å²) in [7, 11) is 0. The summed E-state index contributed by atoms with van der Waals surface area (Å²) in [5.74, 6) is -2.65. The van der Waals surface area contributed by atoms with E-state index in [-0.39, 0.29) is 5.96 Å². The third-order valence-corrected chi connectivity index (χ3v) is 1.28. The lowest BCUT2D eigenvalue weighted by Gasteiger charge is -2.03. The minimum atomic E-state index is -1.00. The molecule has 10 heteroatoms. The van der Waals surface area contributed by atoms with Crippen LogP contribution in [-0.2, 0) is 14.4 Å². The number of rotatable bonds is 5. The van der Waals surface area contributed by atoms with E-state index in [0.717, 1.165) is 13.8 Å². The van der Waals surface area contributed by atoms with Gasteiger partial charge in [-0.15, -0.1) is 0 Å². The molecular weight excluding hydrogens is 272 g/mol. The molecule has 0 radical (unpaired) electrons. The molecule has 0 aliphatic carbocycles. The molecule has 0 amide bonds. The van der Waals surface area contributed by atoms with Crippen LogP contribution in [0.15, 0.2) is 4.99 Å². The summed E-state index contributed by atoms with van der Waals surface area (Å²) in [4.78, 5) is 31.9. The van der Waals surface area contributed by atoms with Crippen LogP contribution < -0.4 is 17.2 Å². The van der Waals surface area contributed by atoms with Gasteiger partial charge < -0.3 is 32.5 Å². The van der Waals surface area contributed by atoms with Gasteiger partial charge in [0, 0.05) is 20.4 Å². The first-order valence-corrected chi connectivity index (χ1v) is 5.43. The Balaban J connectivity index is -0.000000297. The molecule has 0 saturated carbocycles. The highest BCUT2D eigenvalue weighted by Gasteiger charge is 2.09. The van der Waals surface area contributed by atoms with Gasteiger partial charge in [-0.1, -0.05) is 0 Å². The predicted octanol–water partition coefficient (Wildman–Crippen LogP) is -1.37. The number of carbonyl (C=O) groups is 3. The molecule has 118 valence electrons. The van der Waals surface area contributed by atoms with E-state index in [1.54, 1.807) is 0 Å². The normalized spacial score (nSPS) is 9.75. The van der Waals surface area contributed by atoms with E-state index in [2.05, 4.69) is 4.99 Å². The SMILES string of the molecule is CC(=O)O.CC(=O)O.NC(N)=NCCC[C@H](N)C(=O)O. The smallest absolute Gasteiger partial charge is 0.320 e. The molecule has 9 N–H and O–H groups in total. The molecule has 0 aromatic heterocycles. The Morgan fingerprint density at radius 3 is 1.65 bits per heavy atom. The lowest BCUT2D eigenvalue weighted by atomic mass is 10.2. The second-order valence-electron chi connectivity index (χ2n) is 3.43. The van der Waals surface area contributed by atoms with E-state index in [9.17, 15) is 4.79 Å². The summed E-state index contributed by atoms with van der Waals surface area (Å²) in [6, 6.07) is -0.820. The van der Waals surface area contributed by atoms with E-state index in [4.69, 9.17) is 42.1 Å². The number of nitrogens with two attached hydrogens (primary N) is 3. The van der Waals surface area contributed by atoms with E-state index in [0.29, 0.717) is 19.4 Å². The van der Waals surface area contributed by atoms with Gasteiger partial charge >= 0.3 is 5.97 Å². The fraction of sp³-hybridized carbons (Fsp3) is 0.600. The van der Waals surface area contributed by atoms with Gasteiger partial charge in [0.15, 0.2) is 5.96 Å². The number of carboxylic acid groups (broad SMARTS) is 3. The third-order valence-electron chi connectivity index (χ3n) is 1.28. The van der Waals surface area contributed by atoms with Crippen LogP contribution in [0, 0.1) is 0 Å². The maximum absolute atomic E-state index is 10.2. The fourth-order valence-corrected chi connectivity index (χ4v) is 0.643. The van der Waals surface area contributed by atoms with Crippen LogP contribution in [0.5, 0.6) is 0 Å². The average molecular weight is 294 g/mol. The monoisotopic (exact) mass is 294 g/mol. The van der Waals surface area contributed by atoms with Gasteiger partial charge in [-0.3, -0.25) is 19.4 Å². The van der Waals surface area contributed by atoms with E-state index in [1.165, 1.54) is 0 Å². The molecule has 0 heterocycles. The van der Waals surface area contributed by atoms with E-state index < -0.39 is 23.9 Å². The molecule has 1 atom stereocenters. The fourth-order valence-electron chi connectivity index (χ4n) is 0.643. The maximum Gasteiger partial charge on any atom is 0.320 e. The predicted molar refractivity (Wildman–Crippen MR) is 72.1 cm³/mol. The van der Waals surface area contributed by atoms with Gasteiger partial charge in [0.2, 0.25) is 0 Å². The molecule has 0 aliphatic rings. The number of hydrogen-bond donors (Lipinski definition) is 6. The molecule has 0 aliphatic heterocycles. The van der Waals surface area contributed by atoms with Crippen LogP contribution in [0.25, 0.3) is 0 Å². The van der Waals surface area contributed by atoms with Crippen molar-refractivity contribution in [2.24, 2.45) is 22.2 Å². The van der Waals surface area contributed by atoms with Crippen LogP contribution in [0.3, 0.4) is 0 Å². The first kappa shape index (κ1) is 22.8. The molecule has 0 aromatic rings. The number of nitrogens with zero attached hydrogens (tertiary/aromatic N) is 1.